The van der Waals surface area contributed by atoms with Gasteiger partial charge in [-0.1, -0.05) is 18.2 Å². The van der Waals surface area contributed by atoms with Gasteiger partial charge in [-0.2, -0.15) is 0 Å². The number of hydrogen-bond donors (Lipinski definition) is 1. The van der Waals surface area contributed by atoms with Crippen molar-refractivity contribution in [2.75, 3.05) is 32.9 Å². The van der Waals surface area contributed by atoms with E-state index >= 15 is 0 Å². The zero-order chi connectivity index (χ0) is 18.1. The number of carboxylic acid groups (broad SMARTS) is 1. The van der Waals surface area contributed by atoms with Crippen LogP contribution < -0.4 is 0 Å². The van der Waals surface area contributed by atoms with Gasteiger partial charge in [0.05, 0.1) is 32.0 Å². The van der Waals surface area contributed by atoms with Crippen LogP contribution >= 0.6 is 0 Å². The van der Waals surface area contributed by atoms with Gasteiger partial charge < -0.3 is 14.6 Å². The lowest BCUT2D eigenvalue weighted by Gasteiger charge is -2.35. The Morgan fingerprint density at radius 2 is 2.04 bits per heavy atom. The topological polar surface area (TPSA) is 76.1 Å². The minimum Gasteiger partial charge on any atom is -0.481 e. The van der Waals surface area contributed by atoms with Crippen molar-refractivity contribution in [2.24, 2.45) is 5.92 Å². The molecule has 1 heterocycles. The highest BCUT2D eigenvalue weighted by molar-refractivity contribution is 5.87. The molecule has 140 valence electrons. The molecule has 2 rings (SSSR count). The Balaban J connectivity index is 1.94. The van der Waals surface area contributed by atoms with Gasteiger partial charge in [-0.05, 0) is 19.3 Å². The zero-order valence-electron chi connectivity index (χ0n) is 14.8. The molecule has 0 bridgehead atoms. The molecule has 1 aliphatic heterocycles. The van der Waals surface area contributed by atoms with Gasteiger partial charge in [0.15, 0.2) is 5.78 Å². The lowest BCUT2D eigenvalue weighted by atomic mass is 9.93. The van der Waals surface area contributed by atoms with Gasteiger partial charge in [0.1, 0.15) is 0 Å². The Kier molecular flexibility index (Phi) is 8.31. The van der Waals surface area contributed by atoms with E-state index in [2.05, 4.69) is 11.5 Å². The van der Waals surface area contributed by atoms with Crippen LogP contribution in [0.1, 0.15) is 32.1 Å². The number of carbonyl (C=O) groups excluding carboxylic acids is 1. The van der Waals surface area contributed by atoms with Crippen molar-refractivity contribution in [3.63, 3.8) is 0 Å². The van der Waals surface area contributed by atoms with E-state index in [-0.39, 0.29) is 30.3 Å². The van der Waals surface area contributed by atoms with Crippen molar-refractivity contribution in [3.8, 4) is 0 Å². The van der Waals surface area contributed by atoms with E-state index < -0.39 is 5.97 Å². The van der Waals surface area contributed by atoms with Crippen LogP contribution in [0, 0.1) is 5.92 Å². The predicted octanol–water partition coefficient (Wildman–Crippen LogP) is 2.05. The molecule has 6 nitrogen and oxygen atoms in total. The average molecular weight is 351 g/mol. The Morgan fingerprint density at radius 1 is 1.32 bits per heavy atom. The first-order valence-electron chi connectivity index (χ1n) is 9.07. The predicted molar refractivity (Wildman–Crippen MR) is 94.5 cm³/mol. The fourth-order valence-corrected chi connectivity index (χ4v) is 3.69. The molecule has 2 aliphatic rings. The second kappa shape index (κ2) is 10.5. The molecular weight excluding hydrogens is 322 g/mol. The minimum atomic E-state index is -0.781. The highest BCUT2D eigenvalue weighted by Gasteiger charge is 2.45. The number of Topliss-reactive ketones (excluding diaryl/α,β-unsaturated/α-hetero) is 1. The second-order valence-corrected chi connectivity index (χ2v) is 6.57. The molecule has 3 atom stereocenters. The molecule has 1 saturated heterocycles. The maximum Gasteiger partial charge on any atom is 0.303 e. The van der Waals surface area contributed by atoms with E-state index in [1.807, 2.05) is 12.2 Å². The summed E-state index contributed by atoms with van der Waals surface area (Å²) in [4.78, 5) is 25.4. The van der Waals surface area contributed by atoms with Gasteiger partial charge in [-0.3, -0.25) is 14.5 Å². The number of aliphatic carboxylic acids is 1. The average Bonchev–Trinajstić information content (AvgIpc) is 2.92. The Morgan fingerprint density at radius 3 is 2.72 bits per heavy atom. The summed E-state index contributed by atoms with van der Waals surface area (Å²) in [5.74, 6) is -0.359. The van der Waals surface area contributed by atoms with Gasteiger partial charge in [0, 0.05) is 31.8 Å². The standard InChI is InChI=1S/C19H29NO5/c1-2-11-25-17-14-16(21)19(20-9-12-24-13-10-20)15(17)7-5-3-4-6-8-18(22)23/h2-4,15,17,19H,1,5-14H2,(H,22,23)/t15-,17-,19+/m1/s1. The number of rotatable bonds is 10. The molecule has 0 amide bonds. The number of carboxylic acids is 1. The van der Waals surface area contributed by atoms with Crippen LogP contribution in [0.2, 0.25) is 0 Å². The van der Waals surface area contributed by atoms with Crippen LogP contribution in [0.25, 0.3) is 0 Å². The summed E-state index contributed by atoms with van der Waals surface area (Å²) in [7, 11) is 0. The van der Waals surface area contributed by atoms with Crippen molar-refractivity contribution in [3.05, 3.63) is 24.8 Å². The maximum atomic E-state index is 12.6. The first kappa shape index (κ1) is 19.8. The third kappa shape index (κ3) is 6.06. The molecule has 1 aliphatic carbocycles. The number of carbonyl (C=O) groups is 2. The number of nitrogens with zero attached hydrogens (tertiary/aromatic N) is 1. The quantitative estimate of drug-likeness (QED) is 0.607. The van der Waals surface area contributed by atoms with Crippen molar-refractivity contribution < 1.29 is 24.2 Å². The van der Waals surface area contributed by atoms with E-state index in [9.17, 15) is 9.59 Å². The molecule has 0 aromatic heterocycles. The van der Waals surface area contributed by atoms with E-state index in [1.165, 1.54) is 0 Å². The van der Waals surface area contributed by atoms with Crippen LogP contribution in [0.3, 0.4) is 0 Å². The number of hydrogen-bond acceptors (Lipinski definition) is 5. The van der Waals surface area contributed by atoms with Crippen molar-refractivity contribution in [2.45, 2.75) is 44.2 Å². The molecule has 0 unspecified atom stereocenters. The fraction of sp³-hybridized carbons (Fsp3) is 0.684. The van der Waals surface area contributed by atoms with Gasteiger partial charge >= 0.3 is 5.97 Å². The monoisotopic (exact) mass is 351 g/mol. The molecular formula is C19H29NO5. The summed E-state index contributed by atoms with van der Waals surface area (Å²) in [5, 5.41) is 8.66. The van der Waals surface area contributed by atoms with Crippen molar-refractivity contribution >= 4 is 11.8 Å². The van der Waals surface area contributed by atoms with Crippen LogP contribution in [0.4, 0.5) is 0 Å². The van der Waals surface area contributed by atoms with E-state index in [0.29, 0.717) is 32.7 Å². The second-order valence-electron chi connectivity index (χ2n) is 6.57. The number of allylic oxidation sites excluding steroid dienone is 2. The Labute approximate surface area is 149 Å². The largest absolute Gasteiger partial charge is 0.481 e. The highest BCUT2D eigenvalue weighted by atomic mass is 16.5. The molecule has 0 aromatic rings. The van der Waals surface area contributed by atoms with Crippen LogP contribution in [-0.2, 0) is 19.1 Å². The fourth-order valence-electron chi connectivity index (χ4n) is 3.69. The van der Waals surface area contributed by atoms with E-state index in [4.69, 9.17) is 14.6 Å². The minimum absolute atomic E-state index is 0.0641. The summed E-state index contributed by atoms with van der Waals surface area (Å²) < 4.78 is 11.3. The summed E-state index contributed by atoms with van der Waals surface area (Å²) >= 11 is 0. The summed E-state index contributed by atoms with van der Waals surface area (Å²) in [6.45, 7) is 7.06. The number of ether oxygens (including phenoxy) is 2. The van der Waals surface area contributed by atoms with Gasteiger partial charge in [-0.15, -0.1) is 6.58 Å². The first-order valence-corrected chi connectivity index (χ1v) is 9.07. The molecule has 0 spiro atoms. The molecule has 1 saturated carbocycles. The van der Waals surface area contributed by atoms with E-state index in [0.717, 1.165) is 25.9 Å². The van der Waals surface area contributed by atoms with Crippen LogP contribution in [0.5, 0.6) is 0 Å². The normalized spacial score (nSPS) is 27.8. The van der Waals surface area contributed by atoms with Gasteiger partial charge in [0.25, 0.3) is 0 Å². The molecule has 0 radical (unpaired) electrons. The highest BCUT2D eigenvalue weighted by Crippen LogP contribution is 2.34. The molecule has 0 aromatic carbocycles. The van der Waals surface area contributed by atoms with Crippen molar-refractivity contribution in [1.29, 1.82) is 0 Å². The Hall–Kier alpha value is -1.50. The van der Waals surface area contributed by atoms with Gasteiger partial charge in [-0.25, -0.2) is 0 Å². The van der Waals surface area contributed by atoms with Crippen LogP contribution in [-0.4, -0.2) is 66.8 Å². The van der Waals surface area contributed by atoms with Crippen LogP contribution in [0.15, 0.2) is 24.8 Å². The maximum absolute atomic E-state index is 12.6. The smallest absolute Gasteiger partial charge is 0.303 e. The first-order chi connectivity index (χ1) is 12.1. The summed E-state index contributed by atoms with van der Waals surface area (Å²) in [5.41, 5.74) is 0. The lowest BCUT2D eigenvalue weighted by Crippen LogP contribution is -2.49. The molecule has 25 heavy (non-hydrogen) atoms. The SMILES string of the molecule is C=CCO[C@@H]1CC(=O)[C@@H](N2CCOCC2)[C@@H]1CCC=CCCC(=O)O. The van der Waals surface area contributed by atoms with Crippen molar-refractivity contribution in [1.82, 2.24) is 4.90 Å². The molecule has 1 N–H and O–H groups in total. The Bertz CT molecular complexity index is 484. The molecule has 2 fully saturated rings. The summed E-state index contributed by atoms with van der Waals surface area (Å²) in [6.07, 6.45) is 8.43. The third-order valence-electron chi connectivity index (χ3n) is 4.84. The number of ketones is 1. The zero-order valence-corrected chi connectivity index (χ0v) is 14.8. The van der Waals surface area contributed by atoms with Gasteiger partial charge in [0.2, 0.25) is 0 Å². The summed E-state index contributed by atoms with van der Waals surface area (Å²) in [6, 6.07) is -0.0915. The van der Waals surface area contributed by atoms with E-state index in [1.54, 1.807) is 6.08 Å². The number of morpholine rings is 1. The molecule has 6 heteroatoms. The third-order valence-corrected chi connectivity index (χ3v) is 4.84. The lowest BCUT2D eigenvalue weighted by molar-refractivity contribution is -0.136.